The molecule has 55 heavy (non-hydrogen) atoms. The smallest absolute Gasteiger partial charge is 0.462 e. The van der Waals surface area contributed by atoms with Crippen molar-refractivity contribution in [2.75, 3.05) is 13.2 Å². The maximum atomic E-state index is 12.8. The number of unbranched alkanes of at least 4 members (excludes halogenated alkanes) is 18. The predicted octanol–water partition coefficient (Wildman–Crippen LogP) is 7.28. The quantitative estimate of drug-likeness (QED) is 0.0164. The summed E-state index contributed by atoms with van der Waals surface area (Å²) < 4.78 is 33.4. The number of carbonyl (C=O) groups is 2. The average molecular weight is 807 g/mol. The van der Waals surface area contributed by atoms with Crippen molar-refractivity contribution in [1.29, 1.82) is 0 Å². The number of hydrogen-bond donors (Lipinski definition) is 6. The minimum absolute atomic E-state index is 0.0862. The Morgan fingerprint density at radius 3 is 1.42 bits per heavy atom. The number of allylic oxidation sites excluding steroid dienone is 4. The molecule has 0 amide bonds. The molecule has 0 heterocycles. The number of ether oxygens (including phenoxy) is 2. The van der Waals surface area contributed by atoms with E-state index in [1.165, 1.54) is 51.4 Å². The van der Waals surface area contributed by atoms with Crippen LogP contribution in [0.1, 0.15) is 168 Å². The van der Waals surface area contributed by atoms with Crippen LogP contribution in [0, 0.1) is 0 Å². The highest BCUT2D eigenvalue weighted by Crippen LogP contribution is 2.47. The second kappa shape index (κ2) is 32.3. The summed E-state index contributed by atoms with van der Waals surface area (Å²) in [6.07, 6.45) is 19.6. The number of phosphoric acid groups is 1. The van der Waals surface area contributed by atoms with Crippen LogP contribution in [-0.4, -0.2) is 98.3 Å². The minimum Gasteiger partial charge on any atom is -0.462 e. The van der Waals surface area contributed by atoms with E-state index in [1.807, 2.05) is 0 Å². The lowest BCUT2D eigenvalue weighted by molar-refractivity contribution is -0.220. The van der Waals surface area contributed by atoms with E-state index in [2.05, 4.69) is 38.2 Å². The Kier molecular flexibility index (Phi) is 30.2. The molecule has 0 spiro atoms. The van der Waals surface area contributed by atoms with Gasteiger partial charge in [0, 0.05) is 12.8 Å². The first-order valence-electron chi connectivity index (χ1n) is 21.1. The van der Waals surface area contributed by atoms with Gasteiger partial charge < -0.3 is 39.9 Å². The molecule has 0 radical (unpaired) electrons. The van der Waals surface area contributed by atoms with Gasteiger partial charge in [-0.1, -0.05) is 115 Å². The van der Waals surface area contributed by atoms with Crippen LogP contribution in [0.15, 0.2) is 24.3 Å². The minimum atomic E-state index is -5.11. The molecule has 0 aromatic rings. The molecule has 1 aliphatic rings. The number of aliphatic hydroxyl groups excluding tert-OH is 5. The van der Waals surface area contributed by atoms with Crippen LogP contribution in [-0.2, 0) is 32.7 Å². The zero-order chi connectivity index (χ0) is 40.7. The lowest BCUT2D eigenvalue weighted by Gasteiger charge is -2.41. The van der Waals surface area contributed by atoms with E-state index in [-0.39, 0.29) is 12.8 Å². The maximum absolute atomic E-state index is 12.8. The van der Waals surface area contributed by atoms with E-state index in [1.54, 1.807) is 0 Å². The van der Waals surface area contributed by atoms with Crippen LogP contribution < -0.4 is 0 Å². The molecule has 1 saturated carbocycles. The zero-order valence-electron chi connectivity index (χ0n) is 33.7. The van der Waals surface area contributed by atoms with E-state index < -0.39 is 75.7 Å². The molecular weight excluding hydrogens is 731 g/mol. The van der Waals surface area contributed by atoms with Gasteiger partial charge in [-0.15, -0.1) is 0 Å². The van der Waals surface area contributed by atoms with Crippen LogP contribution >= 0.6 is 7.82 Å². The van der Waals surface area contributed by atoms with Gasteiger partial charge in [-0.25, -0.2) is 4.57 Å². The van der Waals surface area contributed by atoms with Gasteiger partial charge in [0.2, 0.25) is 0 Å². The van der Waals surface area contributed by atoms with Crippen LogP contribution in [0.4, 0.5) is 0 Å². The Balaban J connectivity index is 2.52. The Hall–Kier alpha value is -1.67. The molecule has 14 heteroatoms. The summed E-state index contributed by atoms with van der Waals surface area (Å²) in [4.78, 5) is 35.5. The first-order valence-corrected chi connectivity index (χ1v) is 22.6. The molecule has 1 rings (SSSR count). The molecule has 322 valence electrons. The SMILES string of the molecule is CCCCC/C=C\CCCCCCCC(=O)OCC(COP(=O)(O)OC1C(O)C(O)C(O)C(O)C1O)OC(=O)CCCCCCC/C=C\CCCCCCC. The molecule has 6 atom stereocenters. The van der Waals surface area contributed by atoms with Gasteiger partial charge in [0.05, 0.1) is 6.61 Å². The van der Waals surface area contributed by atoms with Gasteiger partial charge in [0.15, 0.2) is 6.10 Å². The van der Waals surface area contributed by atoms with E-state index in [4.69, 9.17) is 18.5 Å². The molecule has 0 aliphatic heterocycles. The van der Waals surface area contributed by atoms with E-state index in [9.17, 15) is 44.6 Å². The Morgan fingerprint density at radius 1 is 0.545 bits per heavy atom. The molecule has 0 saturated heterocycles. The highest BCUT2D eigenvalue weighted by molar-refractivity contribution is 7.47. The van der Waals surface area contributed by atoms with Gasteiger partial charge in [-0.05, 0) is 64.2 Å². The average Bonchev–Trinajstić information content (AvgIpc) is 3.16. The summed E-state index contributed by atoms with van der Waals surface area (Å²) in [6, 6.07) is 0. The van der Waals surface area contributed by atoms with Gasteiger partial charge in [0.1, 0.15) is 43.2 Å². The molecule has 6 unspecified atom stereocenters. The fourth-order valence-electron chi connectivity index (χ4n) is 6.28. The fourth-order valence-corrected chi connectivity index (χ4v) is 7.25. The van der Waals surface area contributed by atoms with Gasteiger partial charge in [-0.3, -0.25) is 18.6 Å². The second-order valence-electron chi connectivity index (χ2n) is 14.8. The van der Waals surface area contributed by atoms with Gasteiger partial charge in [0.25, 0.3) is 0 Å². The lowest BCUT2D eigenvalue weighted by atomic mass is 9.85. The van der Waals surface area contributed by atoms with Crippen molar-refractivity contribution in [3.8, 4) is 0 Å². The van der Waals surface area contributed by atoms with Crippen molar-refractivity contribution in [1.82, 2.24) is 0 Å². The zero-order valence-corrected chi connectivity index (χ0v) is 34.6. The summed E-state index contributed by atoms with van der Waals surface area (Å²) in [6.45, 7) is 3.23. The second-order valence-corrected chi connectivity index (χ2v) is 16.2. The third-order valence-corrected chi connectivity index (χ3v) is 10.8. The number of hydrogen-bond acceptors (Lipinski definition) is 12. The third kappa shape index (κ3) is 25.3. The van der Waals surface area contributed by atoms with Gasteiger partial charge in [-0.2, -0.15) is 0 Å². The Morgan fingerprint density at radius 2 is 0.927 bits per heavy atom. The molecule has 0 bridgehead atoms. The van der Waals surface area contributed by atoms with Crippen molar-refractivity contribution < 1.29 is 63.1 Å². The van der Waals surface area contributed by atoms with Crippen molar-refractivity contribution in [2.45, 2.75) is 211 Å². The molecular formula is C41H75O13P. The fraction of sp³-hybridized carbons (Fsp3) is 0.854. The first kappa shape index (κ1) is 51.3. The number of esters is 2. The summed E-state index contributed by atoms with van der Waals surface area (Å²) in [5.41, 5.74) is 0. The van der Waals surface area contributed by atoms with Crippen molar-refractivity contribution in [3.63, 3.8) is 0 Å². The summed E-state index contributed by atoms with van der Waals surface area (Å²) in [5.74, 6) is -1.12. The van der Waals surface area contributed by atoms with E-state index >= 15 is 0 Å². The van der Waals surface area contributed by atoms with E-state index in [0.29, 0.717) is 12.8 Å². The van der Waals surface area contributed by atoms with Gasteiger partial charge >= 0.3 is 19.8 Å². The molecule has 1 fully saturated rings. The molecule has 1 aliphatic carbocycles. The van der Waals surface area contributed by atoms with Crippen molar-refractivity contribution >= 4 is 19.8 Å². The Bertz CT molecular complexity index is 1070. The molecule has 13 nitrogen and oxygen atoms in total. The molecule has 6 N–H and O–H groups in total. The normalized spacial score (nSPS) is 23.3. The number of aliphatic hydroxyl groups is 5. The number of rotatable bonds is 34. The molecule has 0 aromatic carbocycles. The summed E-state index contributed by atoms with van der Waals surface area (Å²) in [7, 11) is -5.11. The van der Waals surface area contributed by atoms with Crippen molar-refractivity contribution in [2.24, 2.45) is 0 Å². The standard InChI is InChI=1S/C41H75O13P/c1-3-5-7-9-11-13-15-17-18-20-22-24-26-28-30-35(43)53-33(31-51-34(42)29-27-25-23-21-19-16-14-12-10-8-6-4-2)32-52-55(49,50)54-41-39(47)37(45)36(44)38(46)40(41)48/h12,14-15,17,33,36-41,44-48H,3-11,13,16,18-32H2,1-2H3,(H,49,50)/b14-12-,17-15-. The van der Waals surface area contributed by atoms with Crippen LogP contribution in [0.5, 0.6) is 0 Å². The first-order chi connectivity index (χ1) is 26.4. The maximum Gasteiger partial charge on any atom is 0.472 e. The summed E-state index contributed by atoms with van der Waals surface area (Å²) in [5, 5.41) is 50.0. The van der Waals surface area contributed by atoms with Crippen LogP contribution in [0.3, 0.4) is 0 Å². The predicted molar refractivity (Wildman–Crippen MR) is 212 cm³/mol. The van der Waals surface area contributed by atoms with Crippen LogP contribution in [0.25, 0.3) is 0 Å². The Labute approximate surface area is 330 Å². The highest BCUT2D eigenvalue weighted by atomic mass is 31.2. The summed E-state index contributed by atoms with van der Waals surface area (Å²) >= 11 is 0. The van der Waals surface area contributed by atoms with E-state index in [0.717, 1.165) is 77.0 Å². The highest BCUT2D eigenvalue weighted by Gasteiger charge is 2.51. The largest absolute Gasteiger partial charge is 0.472 e. The number of carbonyl (C=O) groups excluding carboxylic acids is 2. The number of phosphoric ester groups is 1. The molecule has 0 aromatic heterocycles. The van der Waals surface area contributed by atoms with Crippen LogP contribution in [0.2, 0.25) is 0 Å². The lowest BCUT2D eigenvalue weighted by Crippen LogP contribution is -2.64. The monoisotopic (exact) mass is 806 g/mol. The van der Waals surface area contributed by atoms with Crippen molar-refractivity contribution in [3.05, 3.63) is 24.3 Å². The third-order valence-electron chi connectivity index (χ3n) is 9.77. The topological polar surface area (TPSA) is 210 Å².